The minimum Gasteiger partial charge on any atom is -0.480 e. The van der Waals surface area contributed by atoms with Crippen LogP contribution in [0.3, 0.4) is 0 Å². The van der Waals surface area contributed by atoms with E-state index in [1.165, 1.54) is 6.33 Å². The summed E-state index contributed by atoms with van der Waals surface area (Å²) in [6.07, 6.45) is 3.12. The van der Waals surface area contributed by atoms with E-state index in [4.69, 9.17) is 10.8 Å². The molecule has 1 aromatic heterocycles. The van der Waals surface area contributed by atoms with Gasteiger partial charge in [-0.25, -0.2) is 9.78 Å². The molecule has 4 N–H and O–H groups in total. The number of H-pyrrole nitrogens is 1. The summed E-state index contributed by atoms with van der Waals surface area (Å²) in [7, 11) is 0. The quantitative estimate of drug-likeness (QED) is 0.710. The lowest BCUT2D eigenvalue weighted by atomic mass is 10.2. The van der Waals surface area contributed by atoms with Crippen molar-refractivity contribution in [3.63, 3.8) is 0 Å². The number of nitrogens with two attached hydrogens (primary N) is 1. The highest BCUT2D eigenvalue weighted by Crippen LogP contribution is 2.30. The van der Waals surface area contributed by atoms with E-state index in [9.17, 15) is 9.59 Å². The summed E-state index contributed by atoms with van der Waals surface area (Å²) in [5, 5.41) is 8.42. The van der Waals surface area contributed by atoms with Gasteiger partial charge in [0.1, 0.15) is 6.04 Å². The molecule has 0 amide bonds. The highest BCUT2D eigenvalue weighted by molar-refractivity contribution is 5.88. The van der Waals surface area contributed by atoms with Gasteiger partial charge < -0.3 is 20.6 Å². The first-order valence-corrected chi connectivity index (χ1v) is 6.29. The number of aromatic amines is 1. The summed E-state index contributed by atoms with van der Waals surface area (Å²) < 4.78 is 4.66. The number of ether oxygens (including phenoxy) is 1. The lowest BCUT2D eigenvalue weighted by molar-refractivity contribution is -0.138. The number of carboxylic acids is 1. The topological polar surface area (TPSA) is 122 Å². The van der Waals surface area contributed by atoms with E-state index < -0.39 is 12.0 Å². The van der Waals surface area contributed by atoms with Crippen molar-refractivity contribution in [3.8, 4) is 0 Å². The molecule has 1 aliphatic rings. The molecule has 1 aliphatic heterocycles. The highest BCUT2D eigenvalue weighted by Gasteiger charge is 2.39. The van der Waals surface area contributed by atoms with Crippen LogP contribution in [0.1, 0.15) is 17.4 Å². The van der Waals surface area contributed by atoms with E-state index in [0.29, 0.717) is 5.69 Å². The van der Waals surface area contributed by atoms with Gasteiger partial charge in [-0.3, -0.25) is 4.79 Å². The van der Waals surface area contributed by atoms with Crippen LogP contribution in [-0.2, 0) is 20.7 Å². The molecule has 2 aromatic rings. The molecular formula is C14H15N3O4. The summed E-state index contributed by atoms with van der Waals surface area (Å²) in [5.41, 5.74) is 6.87. The number of carbonyl (C=O) groups is 2. The van der Waals surface area contributed by atoms with Crippen LogP contribution >= 0.6 is 0 Å². The molecule has 0 spiro atoms. The average Bonchev–Trinajstić information content (AvgIpc) is 2.99. The van der Waals surface area contributed by atoms with E-state index in [-0.39, 0.29) is 18.5 Å². The van der Waals surface area contributed by atoms with Crippen molar-refractivity contribution in [2.45, 2.75) is 18.6 Å². The van der Waals surface area contributed by atoms with Crippen molar-refractivity contribution in [2.75, 3.05) is 0 Å². The maximum Gasteiger partial charge on any atom is 0.353 e. The average molecular weight is 289 g/mol. The number of benzene rings is 1. The Labute approximate surface area is 120 Å². The largest absolute Gasteiger partial charge is 0.480 e. The van der Waals surface area contributed by atoms with Crippen molar-refractivity contribution >= 4 is 11.9 Å². The van der Waals surface area contributed by atoms with Crippen LogP contribution in [0, 0.1) is 0 Å². The third kappa shape index (κ3) is 4.43. The predicted octanol–water partition coefficient (Wildman–Crippen LogP) is 0.649. The first-order chi connectivity index (χ1) is 10.1. The Hall–Kier alpha value is -2.67. The molecule has 2 heterocycles. The summed E-state index contributed by atoms with van der Waals surface area (Å²) >= 11 is 0. The Morgan fingerprint density at radius 3 is 2.57 bits per heavy atom. The number of carboxylic acid groups (broad SMARTS) is 1. The van der Waals surface area contributed by atoms with Gasteiger partial charge in [0.2, 0.25) is 6.10 Å². The molecule has 0 radical (unpaired) electrons. The highest BCUT2D eigenvalue weighted by atomic mass is 16.6. The Balaban J connectivity index is 0.000000154. The molecule has 0 bridgehead atoms. The number of cyclic esters (lactones) is 1. The number of hydrogen-bond acceptors (Lipinski definition) is 5. The van der Waals surface area contributed by atoms with Crippen molar-refractivity contribution in [1.82, 2.24) is 9.97 Å². The molecule has 3 rings (SSSR count). The Bertz CT molecular complexity index is 598. The molecule has 1 unspecified atom stereocenters. The normalized spacial score (nSPS) is 17.2. The summed E-state index contributed by atoms with van der Waals surface area (Å²) in [6.45, 7) is 0. The summed E-state index contributed by atoms with van der Waals surface area (Å²) in [5.74, 6) is -1.13. The monoisotopic (exact) mass is 289 g/mol. The van der Waals surface area contributed by atoms with Gasteiger partial charge in [-0.05, 0) is 0 Å². The number of rotatable bonds is 4. The molecule has 110 valence electrons. The van der Waals surface area contributed by atoms with E-state index in [1.807, 2.05) is 30.3 Å². The van der Waals surface area contributed by atoms with E-state index in [1.54, 1.807) is 6.20 Å². The molecule has 7 nitrogen and oxygen atoms in total. The molecule has 1 aromatic carbocycles. The van der Waals surface area contributed by atoms with Crippen molar-refractivity contribution in [2.24, 2.45) is 5.73 Å². The Kier molecular flexibility index (Phi) is 4.68. The van der Waals surface area contributed by atoms with Gasteiger partial charge in [0, 0.05) is 18.2 Å². The fourth-order valence-corrected chi connectivity index (χ4v) is 1.63. The third-order valence-electron chi connectivity index (χ3n) is 2.79. The van der Waals surface area contributed by atoms with E-state index in [0.717, 1.165) is 5.56 Å². The van der Waals surface area contributed by atoms with Gasteiger partial charge in [0.05, 0.1) is 12.0 Å². The second-order valence-electron chi connectivity index (χ2n) is 4.44. The first kappa shape index (κ1) is 14.7. The second kappa shape index (κ2) is 6.67. The molecular weight excluding hydrogens is 274 g/mol. The van der Waals surface area contributed by atoms with Crippen molar-refractivity contribution < 1.29 is 19.4 Å². The maximum absolute atomic E-state index is 10.5. The minimum absolute atomic E-state index is 0.119. The number of epoxide rings is 1. The minimum atomic E-state index is -1.01. The number of carbonyl (C=O) groups excluding carboxylic acids is 1. The zero-order chi connectivity index (χ0) is 15.2. The predicted molar refractivity (Wildman–Crippen MR) is 73.2 cm³/mol. The van der Waals surface area contributed by atoms with Crippen LogP contribution in [0.2, 0.25) is 0 Å². The van der Waals surface area contributed by atoms with Gasteiger partial charge >= 0.3 is 11.9 Å². The first-order valence-electron chi connectivity index (χ1n) is 6.29. The van der Waals surface area contributed by atoms with Gasteiger partial charge in [-0.1, -0.05) is 30.3 Å². The second-order valence-corrected chi connectivity index (χ2v) is 4.44. The summed E-state index contributed by atoms with van der Waals surface area (Å²) in [4.78, 5) is 27.3. The Morgan fingerprint density at radius 2 is 2.10 bits per heavy atom. The molecule has 0 saturated carbocycles. The van der Waals surface area contributed by atoms with Gasteiger partial charge in [0.15, 0.2) is 0 Å². The maximum atomic E-state index is 10.5. The molecule has 2 atom stereocenters. The zero-order valence-electron chi connectivity index (χ0n) is 11.1. The van der Waals surface area contributed by atoms with Crippen molar-refractivity contribution in [3.05, 3.63) is 54.1 Å². The molecule has 1 saturated heterocycles. The number of hydrogen-bond donors (Lipinski definition) is 3. The smallest absolute Gasteiger partial charge is 0.353 e. The lowest BCUT2D eigenvalue weighted by Crippen LogP contribution is -2.32. The SMILES string of the molecule is N[C@H](Cc1c[nH]cn1)C(=O)O.O=C1OC1c1ccccc1. The molecule has 21 heavy (non-hydrogen) atoms. The zero-order valence-corrected chi connectivity index (χ0v) is 11.1. The van der Waals surface area contributed by atoms with Crippen LogP contribution in [0.5, 0.6) is 0 Å². The van der Waals surface area contributed by atoms with Crippen LogP contribution in [0.4, 0.5) is 0 Å². The number of nitrogens with one attached hydrogen (secondary N) is 1. The van der Waals surface area contributed by atoms with Crippen LogP contribution < -0.4 is 5.73 Å². The van der Waals surface area contributed by atoms with Gasteiger partial charge in [-0.2, -0.15) is 0 Å². The van der Waals surface area contributed by atoms with E-state index in [2.05, 4.69) is 14.7 Å². The van der Waals surface area contributed by atoms with Crippen LogP contribution in [0.25, 0.3) is 0 Å². The van der Waals surface area contributed by atoms with Crippen LogP contribution in [-0.4, -0.2) is 33.1 Å². The fourth-order valence-electron chi connectivity index (χ4n) is 1.63. The summed E-state index contributed by atoms with van der Waals surface area (Å²) in [6, 6.07) is 8.61. The van der Waals surface area contributed by atoms with E-state index >= 15 is 0 Å². The molecule has 7 heteroatoms. The standard InChI is InChI=1S/C8H6O2.C6H9N3O2/c9-8-7(10-8)6-4-2-1-3-5-6;7-5(6(10)11)1-4-2-8-3-9-4/h1-5,7H;2-3,5H,1,7H2,(H,8,9)(H,10,11)/t;5-/m.1/s1. The number of nitrogens with zero attached hydrogens (tertiary/aromatic N) is 1. The van der Waals surface area contributed by atoms with Gasteiger partial charge in [0.25, 0.3) is 0 Å². The van der Waals surface area contributed by atoms with Crippen molar-refractivity contribution in [1.29, 1.82) is 0 Å². The molecule has 0 aliphatic carbocycles. The fraction of sp³-hybridized carbons (Fsp3) is 0.214. The third-order valence-corrected chi connectivity index (χ3v) is 2.79. The van der Waals surface area contributed by atoms with Crippen LogP contribution in [0.15, 0.2) is 42.9 Å². The number of aliphatic carboxylic acids is 1. The van der Waals surface area contributed by atoms with Gasteiger partial charge in [-0.15, -0.1) is 0 Å². The molecule has 1 fully saturated rings. The number of aromatic nitrogens is 2. The lowest BCUT2D eigenvalue weighted by Gasteiger charge is -2.01. The number of imidazole rings is 1. The Morgan fingerprint density at radius 1 is 1.43 bits per heavy atom.